The Bertz CT molecular complexity index is 627. The molecular formula is C20H31N3O3. The number of carbonyl (C=O) groups is 1. The Labute approximate surface area is 155 Å². The number of amides is 1. The van der Waals surface area contributed by atoms with Crippen LogP contribution in [-0.2, 0) is 0 Å². The molecule has 26 heavy (non-hydrogen) atoms. The normalized spacial score (nSPS) is 19.3. The Balaban J connectivity index is 1.82. The molecule has 6 nitrogen and oxygen atoms in total. The van der Waals surface area contributed by atoms with Crippen molar-refractivity contribution in [3.63, 3.8) is 0 Å². The largest absolute Gasteiger partial charge is 0.477 e. The van der Waals surface area contributed by atoms with E-state index < -0.39 is 5.54 Å². The molecule has 2 heterocycles. The third-order valence-corrected chi connectivity index (χ3v) is 5.24. The molecule has 0 aromatic carbocycles. The maximum atomic E-state index is 13.0. The van der Waals surface area contributed by atoms with E-state index in [1.54, 1.807) is 0 Å². The molecule has 1 aromatic heterocycles. The van der Waals surface area contributed by atoms with Crippen LogP contribution in [0, 0.1) is 5.92 Å². The molecule has 0 spiro atoms. The highest BCUT2D eigenvalue weighted by atomic mass is 16.5. The number of aromatic nitrogens is 1. The van der Waals surface area contributed by atoms with Crippen LogP contribution in [0.5, 0.6) is 5.88 Å². The summed E-state index contributed by atoms with van der Waals surface area (Å²) >= 11 is 0. The van der Waals surface area contributed by atoms with E-state index in [0.29, 0.717) is 30.5 Å². The topological polar surface area (TPSA) is 74.7 Å². The average Bonchev–Trinajstić information content (AvgIpc) is 3.31. The first kappa shape index (κ1) is 19.0. The summed E-state index contributed by atoms with van der Waals surface area (Å²) in [5, 5.41) is 12.7. The van der Waals surface area contributed by atoms with Crippen LogP contribution in [0.15, 0.2) is 12.1 Å². The fourth-order valence-corrected chi connectivity index (χ4v) is 3.45. The highest BCUT2D eigenvalue weighted by molar-refractivity contribution is 5.98. The van der Waals surface area contributed by atoms with E-state index in [2.05, 4.69) is 15.2 Å². The maximum Gasteiger partial charge on any atom is 0.272 e. The van der Waals surface area contributed by atoms with Crippen molar-refractivity contribution in [2.24, 2.45) is 5.92 Å². The van der Waals surface area contributed by atoms with Crippen molar-refractivity contribution < 1.29 is 14.6 Å². The third kappa shape index (κ3) is 4.67. The summed E-state index contributed by atoms with van der Waals surface area (Å²) < 4.78 is 5.78. The summed E-state index contributed by atoms with van der Waals surface area (Å²) in [7, 11) is 0. The van der Waals surface area contributed by atoms with Crippen molar-refractivity contribution in [1.29, 1.82) is 0 Å². The first-order valence-electron chi connectivity index (χ1n) is 9.87. The molecule has 2 aliphatic rings. The molecule has 1 aliphatic carbocycles. The molecule has 6 heteroatoms. The van der Waals surface area contributed by atoms with Gasteiger partial charge in [0.15, 0.2) is 5.69 Å². The quantitative estimate of drug-likeness (QED) is 0.707. The van der Waals surface area contributed by atoms with Gasteiger partial charge in [-0.3, -0.25) is 4.79 Å². The van der Waals surface area contributed by atoms with Gasteiger partial charge in [0.25, 0.3) is 5.91 Å². The summed E-state index contributed by atoms with van der Waals surface area (Å²) in [6, 6.07) is 3.82. The van der Waals surface area contributed by atoms with Crippen LogP contribution >= 0.6 is 0 Å². The molecule has 1 saturated carbocycles. The van der Waals surface area contributed by atoms with E-state index in [4.69, 9.17) is 4.74 Å². The summed E-state index contributed by atoms with van der Waals surface area (Å²) in [5.74, 6) is 0.898. The zero-order chi connectivity index (χ0) is 18.6. The average molecular weight is 361 g/mol. The van der Waals surface area contributed by atoms with Gasteiger partial charge in [0.1, 0.15) is 0 Å². The van der Waals surface area contributed by atoms with Gasteiger partial charge in [-0.15, -0.1) is 0 Å². The van der Waals surface area contributed by atoms with Crippen LogP contribution in [0.4, 0.5) is 5.69 Å². The molecule has 144 valence electrons. The van der Waals surface area contributed by atoms with Crippen LogP contribution in [0.3, 0.4) is 0 Å². The first-order valence-corrected chi connectivity index (χ1v) is 9.87. The van der Waals surface area contributed by atoms with Gasteiger partial charge in [-0.25, -0.2) is 4.98 Å². The van der Waals surface area contributed by atoms with Gasteiger partial charge in [-0.1, -0.05) is 13.3 Å². The Morgan fingerprint density at radius 1 is 1.38 bits per heavy atom. The number of rotatable bonds is 9. The van der Waals surface area contributed by atoms with Gasteiger partial charge >= 0.3 is 0 Å². The monoisotopic (exact) mass is 361 g/mol. The number of nitrogens with one attached hydrogen (secondary N) is 1. The van der Waals surface area contributed by atoms with Gasteiger partial charge in [0.05, 0.1) is 24.4 Å². The lowest BCUT2D eigenvalue weighted by Gasteiger charge is -2.29. The van der Waals surface area contributed by atoms with Crippen molar-refractivity contribution in [3.8, 4) is 5.88 Å². The molecular weight excluding hydrogens is 330 g/mol. The Hall–Kier alpha value is -1.82. The number of anilines is 1. The van der Waals surface area contributed by atoms with Crippen LogP contribution in [0.1, 0.15) is 62.9 Å². The molecule has 0 bridgehead atoms. The third-order valence-electron chi connectivity index (χ3n) is 5.24. The molecule has 1 saturated heterocycles. The summed E-state index contributed by atoms with van der Waals surface area (Å²) in [4.78, 5) is 19.8. The number of nitrogens with zero attached hydrogens (tertiary/aromatic N) is 2. The standard InChI is InChI=1S/C20H31N3O3/c1-3-10-20(2,14-24)22-19(25)18-16(23-11-4-5-12-23)8-9-17(21-18)26-13-15-6-7-15/h8-9,15,24H,3-7,10-14H2,1-2H3,(H,22,25)/t20-/m0/s1. The lowest BCUT2D eigenvalue weighted by atomic mass is 9.97. The van der Waals surface area contributed by atoms with E-state index in [-0.39, 0.29) is 12.5 Å². The van der Waals surface area contributed by atoms with Crippen molar-refractivity contribution in [2.45, 2.75) is 57.9 Å². The molecule has 1 aliphatic heterocycles. The number of pyridine rings is 1. The van der Waals surface area contributed by atoms with Gasteiger partial charge < -0.3 is 20.1 Å². The zero-order valence-corrected chi connectivity index (χ0v) is 16.0. The van der Waals surface area contributed by atoms with Gasteiger partial charge in [0, 0.05) is 19.2 Å². The minimum absolute atomic E-state index is 0.0938. The molecule has 3 rings (SSSR count). The fourth-order valence-electron chi connectivity index (χ4n) is 3.45. The Kier molecular flexibility index (Phi) is 6.01. The number of aliphatic hydroxyl groups is 1. The number of ether oxygens (including phenoxy) is 1. The molecule has 2 N–H and O–H groups in total. The van der Waals surface area contributed by atoms with Crippen molar-refractivity contribution in [3.05, 3.63) is 17.8 Å². The van der Waals surface area contributed by atoms with Crippen LogP contribution < -0.4 is 15.0 Å². The van der Waals surface area contributed by atoms with Crippen LogP contribution in [-0.4, -0.2) is 47.8 Å². The Morgan fingerprint density at radius 2 is 2.12 bits per heavy atom. The second kappa shape index (κ2) is 8.25. The van der Waals surface area contributed by atoms with Gasteiger partial charge in [0.2, 0.25) is 5.88 Å². The molecule has 0 radical (unpaired) electrons. The van der Waals surface area contributed by atoms with E-state index >= 15 is 0 Å². The van der Waals surface area contributed by atoms with Gasteiger partial charge in [-0.05, 0) is 51.0 Å². The van der Waals surface area contributed by atoms with E-state index in [9.17, 15) is 9.90 Å². The van der Waals surface area contributed by atoms with Crippen molar-refractivity contribution >= 4 is 11.6 Å². The smallest absolute Gasteiger partial charge is 0.272 e. The Morgan fingerprint density at radius 3 is 2.73 bits per heavy atom. The summed E-state index contributed by atoms with van der Waals surface area (Å²) in [5.41, 5.74) is 0.618. The van der Waals surface area contributed by atoms with E-state index in [0.717, 1.165) is 38.0 Å². The minimum atomic E-state index is -0.638. The molecule has 1 amide bonds. The number of carbonyl (C=O) groups excluding carboxylic acids is 1. The molecule has 0 unspecified atom stereocenters. The van der Waals surface area contributed by atoms with Crippen molar-refractivity contribution in [2.75, 3.05) is 31.2 Å². The predicted octanol–water partition coefficient (Wildman–Crippen LogP) is 2.75. The fraction of sp³-hybridized carbons (Fsp3) is 0.700. The predicted molar refractivity (Wildman–Crippen MR) is 102 cm³/mol. The number of hydrogen-bond acceptors (Lipinski definition) is 5. The molecule has 1 atom stereocenters. The molecule has 1 aromatic rings. The maximum absolute atomic E-state index is 13.0. The van der Waals surface area contributed by atoms with E-state index in [1.807, 2.05) is 26.0 Å². The number of hydrogen-bond donors (Lipinski definition) is 2. The zero-order valence-electron chi connectivity index (χ0n) is 16.0. The van der Waals surface area contributed by atoms with Crippen LogP contribution in [0.2, 0.25) is 0 Å². The first-order chi connectivity index (χ1) is 12.5. The SMILES string of the molecule is CCC[C@@](C)(CO)NC(=O)c1nc(OCC2CC2)ccc1N1CCCC1. The highest BCUT2D eigenvalue weighted by Gasteiger charge is 2.29. The van der Waals surface area contributed by atoms with Crippen LogP contribution in [0.25, 0.3) is 0 Å². The second-order valence-electron chi connectivity index (χ2n) is 7.89. The summed E-state index contributed by atoms with van der Waals surface area (Å²) in [6.07, 6.45) is 6.28. The number of aliphatic hydroxyl groups excluding tert-OH is 1. The van der Waals surface area contributed by atoms with Gasteiger partial charge in [-0.2, -0.15) is 0 Å². The lowest BCUT2D eigenvalue weighted by molar-refractivity contribution is 0.0835. The minimum Gasteiger partial charge on any atom is -0.477 e. The lowest BCUT2D eigenvalue weighted by Crippen LogP contribution is -2.49. The second-order valence-corrected chi connectivity index (χ2v) is 7.89. The molecule has 2 fully saturated rings. The highest BCUT2D eigenvalue weighted by Crippen LogP contribution is 2.30. The summed E-state index contributed by atoms with van der Waals surface area (Å²) in [6.45, 7) is 6.37. The van der Waals surface area contributed by atoms with Crippen molar-refractivity contribution in [1.82, 2.24) is 10.3 Å². The van der Waals surface area contributed by atoms with E-state index in [1.165, 1.54) is 12.8 Å².